The zero-order valence-electron chi connectivity index (χ0n) is 10.7. The number of ether oxygens (including phenoxy) is 1. The van der Waals surface area contributed by atoms with Crippen LogP contribution < -0.4 is 10.6 Å². The zero-order chi connectivity index (χ0) is 11.3. The molecule has 4 nitrogen and oxygen atoms in total. The Balaban J connectivity index is 0.00000225. The van der Waals surface area contributed by atoms with Crippen LogP contribution in [0.15, 0.2) is 4.99 Å². The molecular formula is C11H24IN3O. The molecule has 1 fully saturated rings. The van der Waals surface area contributed by atoms with Gasteiger partial charge in [0.25, 0.3) is 0 Å². The fourth-order valence-corrected chi connectivity index (χ4v) is 1.35. The Morgan fingerprint density at radius 3 is 2.50 bits per heavy atom. The minimum absolute atomic E-state index is 0. The lowest BCUT2D eigenvalue weighted by molar-refractivity contribution is -0.00585. The molecular weight excluding hydrogens is 317 g/mol. The van der Waals surface area contributed by atoms with E-state index in [1.54, 1.807) is 7.05 Å². The van der Waals surface area contributed by atoms with Gasteiger partial charge in [-0.3, -0.25) is 4.99 Å². The first-order valence-corrected chi connectivity index (χ1v) is 5.68. The van der Waals surface area contributed by atoms with E-state index in [4.69, 9.17) is 4.74 Å². The first kappa shape index (κ1) is 16.0. The maximum atomic E-state index is 5.60. The van der Waals surface area contributed by atoms with Crippen molar-refractivity contribution in [1.82, 2.24) is 10.6 Å². The molecule has 0 unspecified atom stereocenters. The summed E-state index contributed by atoms with van der Waals surface area (Å²) in [6.45, 7) is 7.68. The maximum Gasteiger partial charge on any atom is 0.191 e. The molecule has 5 heteroatoms. The topological polar surface area (TPSA) is 45.6 Å². The van der Waals surface area contributed by atoms with E-state index >= 15 is 0 Å². The Morgan fingerprint density at radius 1 is 1.44 bits per heavy atom. The molecule has 0 radical (unpaired) electrons. The Bertz CT molecular complexity index is 227. The van der Waals surface area contributed by atoms with Crippen molar-refractivity contribution in [2.24, 2.45) is 4.99 Å². The van der Waals surface area contributed by atoms with Crippen molar-refractivity contribution in [3.63, 3.8) is 0 Å². The highest BCUT2D eigenvalue weighted by Gasteiger charge is 2.23. The number of rotatable bonds is 5. The summed E-state index contributed by atoms with van der Waals surface area (Å²) in [6, 6.07) is 0.631. The summed E-state index contributed by atoms with van der Waals surface area (Å²) in [5, 5.41) is 6.62. The first-order valence-electron chi connectivity index (χ1n) is 5.68. The third-order valence-corrected chi connectivity index (χ3v) is 2.36. The molecule has 0 heterocycles. The van der Waals surface area contributed by atoms with E-state index in [1.165, 1.54) is 12.8 Å². The predicted molar refractivity (Wildman–Crippen MR) is 78.6 cm³/mol. The molecule has 1 saturated carbocycles. The second-order valence-corrected chi connectivity index (χ2v) is 4.54. The number of aliphatic imine (C=N–C) groups is 1. The molecule has 2 N–H and O–H groups in total. The lowest BCUT2D eigenvalue weighted by Gasteiger charge is -2.26. The van der Waals surface area contributed by atoms with E-state index < -0.39 is 0 Å². The molecule has 0 atom stereocenters. The standard InChI is InChI=1S/C11H23N3O.HI/c1-5-15-11(2,3)8-13-10(12-4)14-9-6-7-9;/h9H,5-8H2,1-4H3,(H2,12,13,14);1H. The van der Waals surface area contributed by atoms with Gasteiger partial charge < -0.3 is 15.4 Å². The monoisotopic (exact) mass is 341 g/mol. The van der Waals surface area contributed by atoms with Gasteiger partial charge in [-0.05, 0) is 33.6 Å². The van der Waals surface area contributed by atoms with Crippen LogP contribution >= 0.6 is 24.0 Å². The molecule has 0 amide bonds. The van der Waals surface area contributed by atoms with E-state index in [0.29, 0.717) is 6.04 Å². The van der Waals surface area contributed by atoms with Crippen LogP contribution in [0.2, 0.25) is 0 Å². The summed E-state index contributed by atoms with van der Waals surface area (Å²) in [5.41, 5.74) is -0.143. The Hall–Kier alpha value is -0.0400. The quantitative estimate of drug-likeness (QED) is 0.455. The summed E-state index contributed by atoms with van der Waals surface area (Å²) in [7, 11) is 1.80. The van der Waals surface area contributed by atoms with Gasteiger partial charge in [0.1, 0.15) is 0 Å². The minimum atomic E-state index is -0.143. The predicted octanol–water partition coefficient (Wildman–Crippen LogP) is 1.75. The average Bonchev–Trinajstić information content (AvgIpc) is 2.95. The van der Waals surface area contributed by atoms with Gasteiger partial charge in [-0.2, -0.15) is 0 Å². The molecule has 0 aromatic carbocycles. The van der Waals surface area contributed by atoms with Gasteiger partial charge in [-0.25, -0.2) is 0 Å². The number of hydrogen-bond acceptors (Lipinski definition) is 2. The number of nitrogens with one attached hydrogen (secondary N) is 2. The van der Waals surface area contributed by atoms with Crippen molar-refractivity contribution in [1.29, 1.82) is 0 Å². The van der Waals surface area contributed by atoms with Gasteiger partial charge in [0, 0.05) is 26.2 Å². The van der Waals surface area contributed by atoms with Crippen molar-refractivity contribution in [2.45, 2.75) is 45.3 Å². The van der Waals surface area contributed by atoms with Gasteiger partial charge >= 0.3 is 0 Å². The Labute approximate surface area is 116 Å². The lowest BCUT2D eigenvalue weighted by Crippen LogP contribution is -2.46. The fourth-order valence-electron chi connectivity index (χ4n) is 1.35. The van der Waals surface area contributed by atoms with E-state index in [1.807, 2.05) is 6.92 Å². The smallest absolute Gasteiger partial charge is 0.191 e. The largest absolute Gasteiger partial charge is 0.374 e. The molecule has 0 saturated heterocycles. The summed E-state index contributed by atoms with van der Waals surface area (Å²) >= 11 is 0. The highest BCUT2D eigenvalue weighted by atomic mass is 127. The highest BCUT2D eigenvalue weighted by molar-refractivity contribution is 14.0. The molecule has 0 bridgehead atoms. The summed E-state index contributed by atoms with van der Waals surface area (Å²) in [5.74, 6) is 0.880. The molecule has 0 aromatic heterocycles. The third-order valence-electron chi connectivity index (χ3n) is 2.36. The van der Waals surface area contributed by atoms with Crippen LogP contribution in [0.1, 0.15) is 33.6 Å². The van der Waals surface area contributed by atoms with Gasteiger partial charge in [-0.15, -0.1) is 24.0 Å². The second kappa shape index (κ2) is 7.32. The van der Waals surface area contributed by atoms with Crippen molar-refractivity contribution in [2.75, 3.05) is 20.2 Å². The van der Waals surface area contributed by atoms with Gasteiger partial charge in [-0.1, -0.05) is 0 Å². The van der Waals surface area contributed by atoms with Gasteiger partial charge in [0.2, 0.25) is 0 Å². The SMILES string of the molecule is CCOC(C)(C)CNC(=NC)NC1CC1.I. The van der Waals surface area contributed by atoms with Gasteiger partial charge in [0.15, 0.2) is 5.96 Å². The number of halogens is 1. The van der Waals surface area contributed by atoms with E-state index in [9.17, 15) is 0 Å². The number of guanidine groups is 1. The van der Waals surface area contributed by atoms with E-state index in [-0.39, 0.29) is 29.6 Å². The molecule has 16 heavy (non-hydrogen) atoms. The highest BCUT2D eigenvalue weighted by Crippen LogP contribution is 2.18. The lowest BCUT2D eigenvalue weighted by atomic mass is 10.1. The molecule has 1 aliphatic carbocycles. The van der Waals surface area contributed by atoms with Crippen molar-refractivity contribution in [3.8, 4) is 0 Å². The minimum Gasteiger partial charge on any atom is -0.374 e. The van der Waals surface area contributed by atoms with Crippen LogP contribution in [0.4, 0.5) is 0 Å². The van der Waals surface area contributed by atoms with Crippen molar-refractivity contribution >= 4 is 29.9 Å². The molecule has 0 spiro atoms. The summed E-state index contributed by atoms with van der Waals surface area (Å²) in [4.78, 5) is 4.17. The number of nitrogens with zero attached hydrogens (tertiary/aromatic N) is 1. The molecule has 0 aliphatic heterocycles. The van der Waals surface area contributed by atoms with Crippen molar-refractivity contribution < 1.29 is 4.74 Å². The fraction of sp³-hybridized carbons (Fsp3) is 0.909. The molecule has 0 aromatic rings. The van der Waals surface area contributed by atoms with E-state index in [0.717, 1.165) is 19.1 Å². The molecule has 96 valence electrons. The summed E-state index contributed by atoms with van der Waals surface area (Å²) in [6.07, 6.45) is 2.52. The van der Waals surface area contributed by atoms with Crippen molar-refractivity contribution in [3.05, 3.63) is 0 Å². The Kier molecular flexibility index (Phi) is 7.30. The zero-order valence-corrected chi connectivity index (χ0v) is 13.0. The maximum absolute atomic E-state index is 5.60. The number of hydrogen-bond donors (Lipinski definition) is 2. The van der Waals surface area contributed by atoms with Crippen LogP contribution in [0.3, 0.4) is 0 Å². The molecule has 1 rings (SSSR count). The van der Waals surface area contributed by atoms with Crippen LogP contribution in [-0.2, 0) is 4.74 Å². The van der Waals surface area contributed by atoms with Crippen LogP contribution in [0, 0.1) is 0 Å². The van der Waals surface area contributed by atoms with Crippen LogP contribution in [0.25, 0.3) is 0 Å². The third kappa shape index (κ3) is 6.52. The second-order valence-electron chi connectivity index (χ2n) is 4.54. The summed E-state index contributed by atoms with van der Waals surface area (Å²) < 4.78 is 5.60. The van der Waals surface area contributed by atoms with Gasteiger partial charge in [0.05, 0.1) is 5.60 Å². The van der Waals surface area contributed by atoms with E-state index in [2.05, 4.69) is 29.5 Å². The van der Waals surface area contributed by atoms with Crippen LogP contribution in [-0.4, -0.2) is 37.8 Å². The average molecular weight is 341 g/mol. The molecule has 1 aliphatic rings. The first-order chi connectivity index (χ1) is 7.07. The normalized spacial score (nSPS) is 16.6. The Morgan fingerprint density at radius 2 is 2.06 bits per heavy atom. The van der Waals surface area contributed by atoms with Crippen LogP contribution in [0.5, 0.6) is 0 Å².